The van der Waals surface area contributed by atoms with Crippen LogP contribution in [0.15, 0.2) is 90.3 Å². The summed E-state index contributed by atoms with van der Waals surface area (Å²) in [6.45, 7) is -2.05. The van der Waals surface area contributed by atoms with Crippen LogP contribution in [0.1, 0.15) is 57.9 Å². The van der Waals surface area contributed by atoms with Crippen molar-refractivity contribution in [1.29, 1.82) is 0 Å². The molecule has 4 aromatic carbocycles. The van der Waals surface area contributed by atoms with E-state index in [0.717, 1.165) is 0 Å². The fourth-order valence-electron chi connectivity index (χ4n) is 6.27. The van der Waals surface area contributed by atoms with Crippen molar-refractivity contribution in [3.05, 3.63) is 164 Å². The van der Waals surface area contributed by atoms with Gasteiger partial charge in [0.2, 0.25) is 5.82 Å². The second kappa shape index (κ2) is 17.5. The average molecular weight is 943 g/mol. The summed E-state index contributed by atoms with van der Waals surface area (Å²) in [5.41, 5.74) is -19.9. The maximum Gasteiger partial charge on any atom is 0.416 e. The lowest BCUT2D eigenvalue weighted by molar-refractivity contribution is -0.144. The Hall–Kier alpha value is -5.96. The molecular formula is C42H20F22. The van der Waals surface area contributed by atoms with Gasteiger partial charge in [0.15, 0.2) is 41.1 Å². The third kappa shape index (κ3) is 10.2. The number of halogens is 22. The summed E-state index contributed by atoms with van der Waals surface area (Å²) >= 11 is 0. The highest BCUT2D eigenvalue weighted by Crippen LogP contribution is 2.45. The zero-order valence-corrected chi connectivity index (χ0v) is 31.2. The van der Waals surface area contributed by atoms with E-state index >= 15 is 17.6 Å². The van der Waals surface area contributed by atoms with Crippen molar-refractivity contribution < 1.29 is 96.6 Å². The molecule has 0 amide bonds. The van der Waals surface area contributed by atoms with Gasteiger partial charge < -0.3 is 0 Å². The third-order valence-corrected chi connectivity index (χ3v) is 9.28. The highest BCUT2D eigenvalue weighted by atomic mass is 19.4. The molecule has 5 rings (SSSR count). The average Bonchev–Trinajstić information content (AvgIpc) is 3.44. The van der Waals surface area contributed by atoms with Crippen molar-refractivity contribution in [3.8, 4) is 11.1 Å². The summed E-state index contributed by atoms with van der Waals surface area (Å²) < 4.78 is 314. The molecule has 0 spiro atoms. The van der Waals surface area contributed by atoms with E-state index in [2.05, 4.69) is 0 Å². The van der Waals surface area contributed by atoms with Gasteiger partial charge in [-0.3, -0.25) is 0 Å². The van der Waals surface area contributed by atoms with Crippen LogP contribution in [0.25, 0.3) is 33.4 Å². The molecule has 1 unspecified atom stereocenters. The van der Waals surface area contributed by atoms with Crippen molar-refractivity contribution in [3.63, 3.8) is 0 Å². The molecule has 0 aliphatic heterocycles. The van der Waals surface area contributed by atoms with Crippen molar-refractivity contribution in [2.24, 2.45) is 0 Å². The normalized spacial score (nSPS) is 15.5. The molecule has 0 saturated heterocycles. The summed E-state index contributed by atoms with van der Waals surface area (Å²) in [5.74, 6) is -20.9. The van der Waals surface area contributed by atoms with Crippen LogP contribution in [-0.2, 0) is 24.7 Å². The first-order chi connectivity index (χ1) is 29.3. The molecule has 22 heteroatoms. The van der Waals surface area contributed by atoms with E-state index in [4.69, 9.17) is 0 Å². The molecule has 64 heavy (non-hydrogen) atoms. The minimum Gasteiger partial charge on any atom is -0.243 e. The quantitative estimate of drug-likeness (QED) is 0.0715. The zero-order chi connectivity index (χ0) is 48.2. The molecular weight excluding hydrogens is 922 g/mol. The lowest BCUT2D eigenvalue weighted by Crippen LogP contribution is -2.11. The molecule has 0 radical (unpaired) electrons. The summed E-state index contributed by atoms with van der Waals surface area (Å²) in [7, 11) is 0. The Bertz CT molecular complexity index is 2570. The number of hydrogen-bond acceptors (Lipinski definition) is 0. The second-order valence-electron chi connectivity index (χ2n) is 13.7. The first-order valence-electron chi connectivity index (χ1n) is 17.4. The smallest absolute Gasteiger partial charge is 0.243 e. The Morgan fingerprint density at radius 3 is 1.34 bits per heavy atom. The van der Waals surface area contributed by atoms with E-state index in [1.807, 2.05) is 0 Å². The van der Waals surface area contributed by atoms with Crippen LogP contribution in [0.3, 0.4) is 0 Å². The lowest BCUT2D eigenvalue weighted by atomic mass is 9.89. The first kappa shape index (κ1) is 49.1. The molecule has 1 atom stereocenters. The van der Waals surface area contributed by atoms with Crippen molar-refractivity contribution >= 4 is 22.3 Å². The molecule has 0 bridgehead atoms. The molecule has 0 fully saturated rings. The highest BCUT2D eigenvalue weighted by Gasteiger charge is 2.39. The van der Waals surface area contributed by atoms with Gasteiger partial charge in [-0.2, -0.15) is 52.7 Å². The van der Waals surface area contributed by atoms with Crippen LogP contribution in [0.5, 0.6) is 0 Å². The minimum atomic E-state index is -5.52. The number of hydrogen-bond donors (Lipinski definition) is 0. The minimum absolute atomic E-state index is 0.113. The molecule has 0 heterocycles. The van der Waals surface area contributed by atoms with Crippen molar-refractivity contribution in [1.82, 2.24) is 0 Å². The predicted octanol–water partition coefficient (Wildman–Crippen LogP) is 16.2. The second-order valence-corrected chi connectivity index (χ2v) is 13.7. The van der Waals surface area contributed by atoms with Crippen LogP contribution in [0.4, 0.5) is 96.6 Å². The fraction of sp³-hybridized carbons (Fsp3) is 0.190. The fourth-order valence-corrected chi connectivity index (χ4v) is 6.27. The van der Waals surface area contributed by atoms with Crippen LogP contribution < -0.4 is 0 Å². The van der Waals surface area contributed by atoms with E-state index in [9.17, 15) is 79.0 Å². The van der Waals surface area contributed by atoms with E-state index < -0.39 is 168 Å². The number of rotatable bonds is 8. The van der Waals surface area contributed by atoms with Crippen molar-refractivity contribution in [2.45, 2.75) is 44.2 Å². The Balaban J connectivity index is 2.00. The maximum absolute atomic E-state index is 15.5. The Labute approximate surface area is 344 Å². The highest BCUT2D eigenvalue weighted by molar-refractivity contribution is 5.96. The van der Waals surface area contributed by atoms with Gasteiger partial charge in [0, 0.05) is 0 Å². The molecule has 4 aromatic rings. The van der Waals surface area contributed by atoms with E-state index in [0.29, 0.717) is 37.3 Å². The van der Waals surface area contributed by atoms with Crippen LogP contribution in [-0.4, -0.2) is 12.8 Å². The van der Waals surface area contributed by atoms with Crippen LogP contribution >= 0.6 is 0 Å². The zero-order valence-electron chi connectivity index (χ0n) is 31.2. The Morgan fingerprint density at radius 2 is 0.922 bits per heavy atom. The molecule has 342 valence electrons. The van der Waals surface area contributed by atoms with E-state index in [1.54, 1.807) is 0 Å². The summed E-state index contributed by atoms with van der Waals surface area (Å²) in [6.07, 6.45) is -24.2. The van der Waals surface area contributed by atoms with Gasteiger partial charge in [0.25, 0.3) is 0 Å². The SMILES string of the molecule is CC(F)/C(F)=C(F)\C(=C(\F)CF)c1cc(C2=CC(c3cc(C(F)(F)F)cc(C(F)(F)F)c3)=CCC(c3cc(C(F)(F)F)cc(C(F)(F)F)c3)=C2)cc(-c2c(F)c(F)c(F)c(F)c2F)c1. The molecule has 0 nitrogen and oxygen atoms in total. The number of benzene rings is 4. The van der Waals surface area contributed by atoms with Crippen molar-refractivity contribution in [2.75, 3.05) is 6.67 Å². The number of allylic oxidation sites excluding steroid dienone is 10. The molecule has 1 aliphatic rings. The Kier molecular flexibility index (Phi) is 13.5. The third-order valence-electron chi connectivity index (χ3n) is 9.28. The molecule has 0 N–H and O–H groups in total. The predicted molar refractivity (Wildman–Crippen MR) is 187 cm³/mol. The van der Waals surface area contributed by atoms with E-state index in [-0.39, 0.29) is 42.5 Å². The lowest BCUT2D eigenvalue weighted by Gasteiger charge is -2.17. The topological polar surface area (TPSA) is 0 Å². The van der Waals surface area contributed by atoms with Gasteiger partial charge in [0.1, 0.15) is 12.5 Å². The van der Waals surface area contributed by atoms with Gasteiger partial charge in [-0.05, 0) is 119 Å². The molecule has 0 saturated carbocycles. The maximum atomic E-state index is 15.5. The van der Waals surface area contributed by atoms with Gasteiger partial charge in [-0.15, -0.1) is 0 Å². The largest absolute Gasteiger partial charge is 0.416 e. The standard InChI is InChI=1S/C42H20F22/c1-16(44)32(46)33(47)30(29(45)15-43)23-6-20(7-24(8-23)31-34(48)36(50)38(52)37(51)35(31)49)19-4-17(21-9-25(39(53,54)55)13-26(10-21)40(56,57)58)2-3-18(5-19)22-11-27(41(59,60)61)14-28(12-22)42(62,63)64/h2,4-14,16H,3,15H2,1H3/b30-29+,33-32-. The van der Waals surface area contributed by atoms with Gasteiger partial charge in [0.05, 0.1) is 33.4 Å². The van der Waals surface area contributed by atoms with Crippen LogP contribution in [0.2, 0.25) is 0 Å². The van der Waals surface area contributed by atoms with Gasteiger partial charge in [-0.1, -0.05) is 12.2 Å². The monoisotopic (exact) mass is 942 g/mol. The molecule has 0 aromatic heterocycles. The Morgan fingerprint density at radius 1 is 0.516 bits per heavy atom. The van der Waals surface area contributed by atoms with Gasteiger partial charge >= 0.3 is 24.7 Å². The first-order valence-corrected chi connectivity index (χ1v) is 17.4. The van der Waals surface area contributed by atoms with E-state index in [1.165, 1.54) is 0 Å². The van der Waals surface area contributed by atoms with Gasteiger partial charge in [-0.25, -0.2) is 43.9 Å². The summed E-state index contributed by atoms with van der Waals surface area (Å²) in [4.78, 5) is 0. The summed E-state index contributed by atoms with van der Waals surface area (Å²) in [5, 5.41) is 0. The van der Waals surface area contributed by atoms with Crippen LogP contribution in [0, 0.1) is 29.1 Å². The number of alkyl halides is 14. The molecule has 1 aliphatic carbocycles. The summed E-state index contributed by atoms with van der Waals surface area (Å²) in [6, 6.07) is 0.673.